The molecule has 6 heteroatoms. The first-order chi connectivity index (χ1) is 12.7. The molecule has 0 fully saturated rings. The smallest absolute Gasteiger partial charge is 0.282 e. The molecule has 26 heavy (non-hydrogen) atoms. The highest BCUT2D eigenvalue weighted by Gasteiger charge is 2.18. The van der Waals surface area contributed by atoms with Crippen molar-refractivity contribution in [3.05, 3.63) is 88.3 Å². The molecule has 0 saturated heterocycles. The Bertz CT molecular complexity index is 1130. The Balaban J connectivity index is 1.67. The first kappa shape index (κ1) is 15.7. The summed E-state index contributed by atoms with van der Waals surface area (Å²) in [5.74, 6) is 0.404. The Morgan fingerprint density at radius 1 is 0.885 bits per heavy atom. The average molecular weight is 343 g/mol. The van der Waals surface area contributed by atoms with E-state index < -0.39 is 4.92 Å². The number of rotatable bonds is 4. The van der Waals surface area contributed by atoms with E-state index in [1.54, 1.807) is 24.3 Å². The number of fused-ring (bicyclic) bond motifs is 1. The van der Waals surface area contributed by atoms with Crippen molar-refractivity contribution in [3.8, 4) is 11.5 Å². The Morgan fingerprint density at radius 3 is 2.54 bits per heavy atom. The standard InChI is InChI=1S/C20H13N3O3/c24-23(25)18-11-4-3-10-17(18)20-22-21-19(26-20)13-12-15-8-5-7-14-6-1-2-9-16(14)15/h1-13H/b13-12+. The number of nitro groups is 1. The van der Waals surface area contributed by atoms with Crippen LogP contribution in [0.1, 0.15) is 11.5 Å². The second kappa shape index (κ2) is 6.60. The summed E-state index contributed by atoms with van der Waals surface area (Å²) in [5.41, 5.74) is 1.25. The van der Waals surface area contributed by atoms with E-state index in [-0.39, 0.29) is 17.5 Å². The summed E-state index contributed by atoms with van der Waals surface area (Å²) in [7, 11) is 0. The van der Waals surface area contributed by atoms with Crippen LogP contribution < -0.4 is 0 Å². The number of nitro benzene ring substituents is 1. The SMILES string of the molecule is O=[N+]([O-])c1ccccc1-c1nnc(/C=C/c2cccc3ccccc23)o1. The summed E-state index contributed by atoms with van der Waals surface area (Å²) in [4.78, 5) is 10.7. The fraction of sp³-hybridized carbons (Fsp3) is 0. The van der Waals surface area contributed by atoms with Crippen LogP contribution in [-0.2, 0) is 0 Å². The lowest BCUT2D eigenvalue weighted by Gasteiger charge is -2.00. The summed E-state index contributed by atoms with van der Waals surface area (Å²) < 4.78 is 5.58. The lowest BCUT2D eigenvalue weighted by molar-refractivity contribution is -0.384. The molecule has 0 spiro atoms. The fourth-order valence-corrected chi connectivity index (χ4v) is 2.78. The zero-order chi connectivity index (χ0) is 17.9. The molecular weight excluding hydrogens is 330 g/mol. The highest BCUT2D eigenvalue weighted by atomic mass is 16.6. The van der Waals surface area contributed by atoms with E-state index in [2.05, 4.69) is 10.2 Å². The lowest BCUT2D eigenvalue weighted by atomic mass is 10.0. The van der Waals surface area contributed by atoms with Gasteiger partial charge in [0, 0.05) is 12.1 Å². The second-order valence-corrected chi connectivity index (χ2v) is 5.62. The maximum absolute atomic E-state index is 11.1. The van der Waals surface area contributed by atoms with Gasteiger partial charge in [0.2, 0.25) is 5.89 Å². The molecular formula is C20H13N3O3. The first-order valence-electron chi connectivity index (χ1n) is 7.95. The molecule has 4 rings (SSSR count). The van der Waals surface area contributed by atoms with Crippen molar-refractivity contribution < 1.29 is 9.34 Å². The van der Waals surface area contributed by atoms with E-state index in [4.69, 9.17) is 4.42 Å². The van der Waals surface area contributed by atoms with Crippen molar-refractivity contribution in [2.45, 2.75) is 0 Å². The highest BCUT2D eigenvalue weighted by Crippen LogP contribution is 2.28. The Labute approximate surface area is 148 Å². The van der Waals surface area contributed by atoms with Crippen molar-refractivity contribution in [1.82, 2.24) is 10.2 Å². The molecule has 0 saturated carbocycles. The van der Waals surface area contributed by atoms with Crippen LogP contribution in [0.4, 0.5) is 5.69 Å². The molecule has 1 aromatic heterocycles. The van der Waals surface area contributed by atoms with Crippen LogP contribution in [0, 0.1) is 10.1 Å². The van der Waals surface area contributed by atoms with E-state index in [1.807, 2.05) is 48.5 Å². The van der Waals surface area contributed by atoms with Gasteiger partial charge in [0.15, 0.2) is 0 Å². The minimum atomic E-state index is -0.467. The molecule has 0 amide bonds. The molecule has 0 radical (unpaired) electrons. The third-order valence-electron chi connectivity index (χ3n) is 4.00. The van der Waals surface area contributed by atoms with Gasteiger partial charge in [0.25, 0.3) is 11.6 Å². The second-order valence-electron chi connectivity index (χ2n) is 5.62. The number of hydrogen-bond acceptors (Lipinski definition) is 5. The maximum Gasteiger partial charge on any atom is 0.282 e. The molecule has 0 bridgehead atoms. The zero-order valence-corrected chi connectivity index (χ0v) is 13.6. The number of aromatic nitrogens is 2. The molecule has 1 heterocycles. The summed E-state index contributed by atoms with van der Waals surface area (Å²) in [6.45, 7) is 0. The van der Waals surface area contributed by atoms with E-state index >= 15 is 0 Å². The topological polar surface area (TPSA) is 82.1 Å². The van der Waals surface area contributed by atoms with Gasteiger partial charge >= 0.3 is 0 Å². The Kier molecular flexibility index (Phi) is 3.99. The number of nitrogens with zero attached hydrogens (tertiary/aromatic N) is 3. The summed E-state index contributed by atoms with van der Waals surface area (Å²) >= 11 is 0. The minimum absolute atomic E-state index is 0.0688. The highest BCUT2D eigenvalue weighted by molar-refractivity contribution is 5.92. The molecule has 0 N–H and O–H groups in total. The van der Waals surface area contributed by atoms with Crippen molar-refractivity contribution in [3.63, 3.8) is 0 Å². The van der Waals surface area contributed by atoms with E-state index in [0.29, 0.717) is 5.56 Å². The van der Waals surface area contributed by atoms with E-state index in [1.165, 1.54) is 6.07 Å². The van der Waals surface area contributed by atoms with Crippen molar-refractivity contribution >= 4 is 28.6 Å². The summed E-state index contributed by atoms with van der Waals surface area (Å²) in [6, 6.07) is 20.4. The van der Waals surface area contributed by atoms with E-state index in [9.17, 15) is 10.1 Å². The van der Waals surface area contributed by atoms with Gasteiger partial charge in [-0.05, 0) is 28.5 Å². The normalized spacial score (nSPS) is 11.2. The van der Waals surface area contributed by atoms with Gasteiger partial charge in [0.1, 0.15) is 5.56 Å². The van der Waals surface area contributed by atoms with Gasteiger partial charge in [-0.3, -0.25) is 10.1 Å². The largest absolute Gasteiger partial charge is 0.417 e. The number of para-hydroxylation sites is 1. The first-order valence-corrected chi connectivity index (χ1v) is 7.95. The zero-order valence-electron chi connectivity index (χ0n) is 13.6. The average Bonchev–Trinajstić information content (AvgIpc) is 3.15. The van der Waals surface area contributed by atoms with E-state index in [0.717, 1.165) is 16.3 Å². The lowest BCUT2D eigenvalue weighted by Crippen LogP contribution is -1.91. The predicted molar refractivity (Wildman–Crippen MR) is 99.3 cm³/mol. The van der Waals surface area contributed by atoms with Crippen LogP contribution in [-0.4, -0.2) is 15.1 Å². The molecule has 0 unspecified atom stereocenters. The molecule has 0 aliphatic rings. The molecule has 4 aromatic rings. The Hall–Kier alpha value is -3.80. The van der Waals surface area contributed by atoms with Crippen molar-refractivity contribution in [2.24, 2.45) is 0 Å². The third kappa shape index (κ3) is 2.95. The number of benzene rings is 3. The molecule has 126 valence electrons. The van der Waals surface area contributed by atoms with Gasteiger partial charge in [-0.1, -0.05) is 54.6 Å². The molecule has 0 aliphatic heterocycles. The van der Waals surface area contributed by atoms with Crippen molar-refractivity contribution in [1.29, 1.82) is 0 Å². The minimum Gasteiger partial charge on any atom is -0.417 e. The fourth-order valence-electron chi connectivity index (χ4n) is 2.78. The molecule has 0 aliphatic carbocycles. The van der Waals surface area contributed by atoms with Gasteiger partial charge < -0.3 is 4.42 Å². The third-order valence-corrected chi connectivity index (χ3v) is 4.00. The van der Waals surface area contributed by atoms with Crippen LogP contribution in [0.3, 0.4) is 0 Å². The van der Waals surface area contributed by atoms with Crippen LogP contribution in [0.2, 0.25) is 0 Å². The van der Waals surface area contributed by atoms with Gasteiger partial charge in [-0.25, -0.2) is 0 Å². The summed E-state index contributed by atoms with van der Waals surface area (Å²) in [6.07, 6.45) is 3.59. The maximum atomic E-state index is 11.1. The summed E-state index contributed by atoms with van der Waals surface area (Å²) in [5, 5.41) is 21.3. The Morgan fingerprint density at radius 2 is 1.65 bits per heavy atom. The van der Waals surface area contributed by atoms with Crippen LogP contribution in [0.25, 0.3) is 34.4 Å². The van der Waals surface area contributed by atoms with Crippen LogP contribution >= 0.6 is 0 Å². The molecule has 6 nitrogen and oxygen atoms in total. The van der Waals surface area contributed by atoms with Crippen LogP contribution in [0.5, 0.6) is 0 Å². The molecule has 3 aromatic carbocycles. The predicted octanol–water partition coefficient (Wildman–Crippen LogP) is 4.97. The quantitative estimate of drug-likeness (QED) is 0.386. The monoisotopic (exact) mass is 343 g/mol. The van der Waals surface area contributed by atoms with Gasteiger partial charge in [0.05, 0.1) is 4.92 Å². The number of hydrogen-bond donors (Lipinski definition) is 0. The molecule has 0 atom stereocenters. The van der Waals surface area contributed by atoms with Crippen molar-refractivity contribution in [2.75, 3.05) is 0 Å². The van der Waals surface area contributed by atoms with Crippen LogP contribution in [0.15, 0.2) is 71.1 Å². The van der Waals surface area contributed by atoms with Gasteiger partial charge in [-0.2, -0.15) is 0 Å². The van der Waals surface area contributed by atoms with Gasteiger partial charge in [-0.15, -0.1) is 10.2 Å².